The third kappa shape index (κ3) is 3.24. The Morgan fingerprint density at radius 3 is 2.35 bits per heavy atom. The Labute approximate surface area is 147 Å². The van der Waals surface area contributed by atoms with Gasteiger partial charge >= 0.3 is 0 Å². The van der Waals surface area contributed by atoms with Crippen LogP contribution in [-0.4, -0.2) is 17.9 Å². The molecule has 23 heavy (non-hydrogen) atoms. The van der Waals surface area contributed by atoms with Gasteiger partial charge in [-0.1, -0.05) is 53.9 Å². The number of nitrogens with zero attached hydrogens (tertiary/aromatic N) is 1. The number of carbonyl (C=O) groups is 1. The SMILES string of the molecule is CN(Cc1ccc(Cl)cc1)C(=O)C1(c2cccc(Cl)c2)CCC1. The molecule has 3 rings (SSSR count). The number of hydrogen-bond acceptors (Lipinski definition) is 1. The molecule has 2 nitrogen and oxygen atoms in total. The van der Waals surface area contributed by atoms with E-state index in [0.717, 1.165) is 30.4 Å². The Hall–Kier alpha value is -1.51. The maximum absolute atomic E-state index is 13.1. The second kappa shape index (κ2) is 6.54. The quantitative estimate of drug-likeness (QED) is 0.755. The predicted octanol–water partition coefficient (Wildman–Crippen LogP) is 5.07. The van der Waals surface area contributed by atoms with Crippen molar-refractivity contribution >= 4 is 29.1 Å². The highest BCUT2D eigenvalue weighted by atomic mass is 35.5. The van der Waals surface area contributed by atoms with Crippen LogP contribution in [0.5, 0.6) is 0 Å². The molecule has 1 saturated carbocycles. The Kier molecular flexibility index (Phi) is 4.65. The van der Waals surface area contributed by atoms with Crippen molar-refractivity contribution in [3.63, 3.8) is 0 Å². The van der Waals surface area contributed by atoms with Gasteiger partial charge in [-0.25, -0.2) is 0 Å². The van der Waals surface area contributed by atoms with E-state index in [0.29, 0.717) is 16.6 Å². The molecule has 0 saturated heterocycles. The molecule has 1 aliphatic rings. The van der Waals surface area contributed by atoms with E-state index < -0.39 is 5.41 Å². The van der Waals surface area contributed by atoms with Crippen LogP contribution in [0.4, 0.5) is 0 Å². The molecule has 0 atom stereocenters. The fraction of sp³-hybridized carbons (Fsp3) is 0.316. The number of halogens is 2. The average Bonchev–Trinajstić information content (AvgIpc) is 2.48. The summed E-state index contributed by atoms with van der Waals surface area (Å²) in [6.45, 7) is 0.582. The van der Waals surface area contributed by atoms with E-state index in [1.807, 2.05) is 60.5 Å². The van der Waals surface area contributed by atoms with Gasteiger partial charge in [-0.2, -0.15) is 0 Å². The van der Waals surface area contributed by atoms with Crippen molar-refractivity contribution in [1.82, 2.24) is 4.90 Å². The van der Waals surface area contributed by atoms with Crippen LogP contribution in [0, 0.1) is 0 Å². The minimum Gasteiger partial charge on any atom is -0.341 e. The summed E-state index contributed by atoms with van der Waals surface area (Å²) in [6.07, 6.45) is 2.85. The van der Waals surface area contributed by atoms with Crippen LogP contribution in [0.15, 0.2) is 48.5 Å². The second-order valence-corrected chi connectivity index (χ2v) is 7.11. The third-order valence-corrected chi connectivity index (χ3v) is 5.16. The van der Waals surface area contributed by atoms with Crippen molar-refractivity contribution in [2.24, 2.45) is 0 Å². The number of likely N-dealkylation sites (N-methyl/N-ethyl adjacent to an activating group) is 1. The predicted molar refractivity (Wildman–Crippen MR) is 94.9 cm³/mol. The second-order valence-electron chi connectivity index (χ2n) is 6.23. The van der Waals surface area contributed by atoms with Crippen molar-refractivity contribution in [3.8, 4) is 0 Å². The van der Waals surface area contributed by atoms with Gasteiger partial charge in [0.2, 0.25) is 5.91 Å². The first kappa shape index (κ1) is 16.4. The van der Waals surface area contributed by atoms with Crippen molar-refractivity contribution < 1.29 is 4.79 Å². The Morgan fingerprint density at radius 2 is 1.78 bits per heavy atom. The largest absolute Gasteiger partial charge is 0.341 e. The molecule has 0 N–H and O–H groups in total. The molecular formula is C19H19Cl2NO. The number of hydrogen-bond donors (Lipinski definition) is 0. The highest BCUT2D eigenvalue weighted by molar-refractivity contribution is 6.30. The fourth-order valence-corrected chi connectivity index (χ4v) is 3.56. The molecule has 0 radical (unpaired) electrons. The summed E-state index contributed by atoms with van der Waals surface area (Å²) < 4.78 is 0. The van der Waals surface area contributed by atoms with Gasteiger partial charge < -0.3 is 4.90 Å². The van der Waals surface area contributed by atoms with Gasteiger partial charge in [-0.15, -0.1) is 0 Å². The number of carbonyl (C=O) groups excluding carboxylic acids is 1. The molecule has 0 bridgehead atoms. The number of benzene rings is 2. The van der Waals surface area contributed by atoms with E-state index in [4.69, 9.17) is 23.2 Å². The van der Waals surface area contributed by atoms with Gasteiger partial charge in [0.1, 0.15) is 0 Å². The van der Waals surface area contributed by atoms with Crippen LogP contribution in [0.2, 0.25) is 10.0 Å². The summed E-state index contributed by atoms with van der Waals surface area (Å²) >= 11 is 12.0. The Bertz CT molecular complexity index is 708. The lowest BCUT2D eigenvalue weighted by Gasteiger charge is -2.43. The normalized spacial score (nSPS) is 15.8. The van der Waals surface area contributed by atoms with Gasteiger partial charge in [0.05, 0.1) is 5.41 Å². The van der Waals surface area contributed by atoms with Crippen LogP contribution >= 0.6 is 23.2 Å². The zero-order valence-electron chi connectivity index (χ0n) is 13.1. The highest BCUT2D eigenvalue weighted by Crippen LogP contribution is 2.45. The number of rotatable bonds is 4. The van der Waals surface area contributed by atoms with E-state index in [1.54, 1.807) is 0 Å². The first-order chi connectivity index (χ1) is 11.0. The minimum absolute atomic E-state index is 0.168. The third-order valence-electron chi connectivity index (χ3n) is 4.67. The maximum atomic E-state index is 13.1. The van der Waals surface area contributed by atoms with Gasteiger partial charge in [-0.05, 0) is 48.2 Å². The minimum atomic E-state index is -0.411. The molecule has 0 aromatic heterocycles. The summed E-state index contributed by atoms with van der Waals surface area (Å²) in [6, 6.07) is 15.3. The molecule has 1 fully saturated rings. The zero-order chi connectivity index (χ0) is 16.4. The van der Waals surface area contributed by atoms with Crippen molar-refractivity contribution in [1.29, 1.82) is 0 Å². The van der Waals surface area contributed by atoms with Gasteiger partial charge in [0.25, 0.3) is 0 Å². The lowest BCUT2D eigenvalue weighted by Crippen LogP contribution is -2.49. The molecule has 1 amide bonds. The summed E-state index contributed by atoms with van der Waals surface area (Å²) in [5.74, 6) is 0.168. The van der Waals surface area contributed by atoms with Gasteiger partial charge in [0.15, 0.2) is 0 Å². The monoisotopic (exact) mass is 347 g/mol. The molecule has 120 valence electrons. The molecular weight excluding hydrogens is 329 g/mol. The molecule has 1 aliphatic carbocycles. The van der Waals surface area contributed by atoms with Gasteiger partial charge in [0, 0.05) is 23.6 Å². The average molecular weight is 348 g/mol. The Balaban J connectivity index is 1.81. The topological polar surface area (TPSA) is 20.3 Å². The van der Waals surface area contributed by atoms with Crippen molar-refractivity contribution in [2.75, 3.05) is 7.05 Å². The lowest BCUT2D eigenvalue weighted by atomic mass is 9.63. The molecule has 0 unspecified atom stereocenters. The van der Waals surface area contributed by atoms with Crippen LogP contribution in [-0.2, 0) is 16.8 Å². The lowest BCUT2D eigenvalue weighted by molar-refractivity contribution is -0.140. The molecule has 4 heteroatoms. The smallest absolute Gasteiger partial charge is 0.233 e. The molecule has 2 aromatic carbocycles. The van der Waals surface area contributed by atoms with Crippen molar-refractivity contribution in [3.05, 3.63) is 69.7 Å². The molecule has 0 spiro atoms. The molecule has 0 heterocycles. The van der Waals surface area contributed by atoms with Gasteiger partial charge in [-0.3, -0.25) is 4.79 Å². The van der Waals surface area contributed by atoms with Crippen molar-refractivity contribution in [2.45, 2.75) is 31.2 Å². The zero-order valence-corrected chi connectivity index (χ0v) is 14.6. The Morgan fingerprint density at radius 1 is 1.09 bits per heavy atom. The fourth-order valence-electron chi connectivity index (χ4n) is 3.24. The maximum Gasteiger partial charge on any atom is 0.233 e. The van der Waals surface area contributed by atoms with E-state index in [-0.39, 0.29) is 5.91 Å². The van der Waals surface area contributed by atoms with E-state index in [1.165, 1.54) is 0 Å². The van der Waals surface area contributed by atoms with Crippen LogP contribution in [0.3, 0.4) is 0 Å². The number of amides is 1. The van der Waals surface area contributed by atoms with E-state index in [2.05, 4.69) is 0 Å². The molecule has 0 aliphatic heterocycles. The standard InChI is InChI=1S/C19H19Cl2NO/c1-22(13-14-6-8-16(20)9-7-14)18(23)19(10-3-11-19)15-4-2-5-17(21)12-15/h2,4-9,12H,3,10-11,13H2,1H3. The van der Waals surface area contributed by atoms with E-state index in [9.17, 15) is 4.79 Å². The highest BCUT2D eigenvalue weighted by Gasteiger charge is 2.47. The summed E-state index contributed by atoms with van der Waals surface area (Å²) in [7, 11) is 1.86. The van der Waals surface area contributed by atoms with Crippen LogP contribution in [0.1, 0.15) is 30.4 Å². The molecule has 2 aromatic rings. The van der Waals surface area contributed by atoms with Crippen LogP contribution in [0.25, 0.3) is 0 Å². The summed E-state index contributed by atoms with van der Waals surface area (Å²) in [5, 5.41) is 1.39. The first-order valence-corrected chi connectivity index (χ1v) is 8.53. The first-order valence-electron chi connectivity index (χ1n) is 7.77. The van der Waals surface area contributed by atoms with Crippen LogP contribution < -0.4 is 0 Å². The van der Waals surface area contributed by atoms with E-state index >= 15 is 0 Å². The summed E-state index contributed by atoms with van der Waals surface area (Å²) in [5.41, 5.74) is 1.70. The summed E-state index contributed by atoms with van der Waals surface area (Å²) in [4.78, 5) is 14.9.